The van der Waals surface area contributed by atoms with Crippen molar-refractivity contribution < 1.29 is 9.66 Å². The highest BCUT2D eigenvalue weighted by molar-refractivity contribution is 7.13. The van der Waals surface area contributed by atoms with Gasteiger partial charge in [-0.05, 0) is 43.3 Å². The second kappa shape index (κ2) is 6.48. The predicted octanol–water partition coefficient (Wildman–Crippen LogP) is 4.69. The van der Waals surface area contributed by atoms with Crippen LogP contribution in [0.5, 0.6) is 11.5 Å². The highest BCUT2D eigenvalue weighted by Gasteiger charge is 2.17. The molecule has 0 radical (unpaired) electrons. The first kappa shape index (κ1) is 15.6. The van der Waals surface area contributed by atoms with Gasteiger partial charge >= 0.3 is 5.69 Å². The minimum absolute atomic E-state index is 0.0943. The summed E-state index contributed by atoms with van der Waals surface area (Å²) >= 11 is 1.55. The topological polar surface area (TPSA) is 89.0 Å². The number of nitro benzene ring substituents is 1. The molecule has 0 aliphatic rings. The van der Waals surface area contributed by atoms with Gasteiger partial charge in [-0.1, -0.05) is 0 Å². The van der Waals surface area contributed by atoms with Crippen molar-refractivity contribution in [3.8, 4) is 28.1 Å². The molecule has 1 heterocycles. The molecule has 0 atom stereocenters. The predicted molar refractivity (Wildman–Crippen MR) is 90.2 cm³/mol. The first-order chi connectivity index (χ1) is 11.6. The maximum atomic E-state index is 11.1. The second-order valence-corrected chi connectivity index (χ2v) is 5.83. The Bertz CT molecular complexity index is 942. The molecular weight excluding hydrogens is 326 g/mol. The maximum Gasteiger partial charge on any atom is 0.312 e. The van der Waals surface area contributed by atoms with E-state index in [1.54, 1.807) is 23.5 Å². The molecule has 0 saturated heterocycles. The molecule has 1 aromatic heterocycles. The lowest BCUT2D eigenvalue weighted by atomic mass is 10.2. The fourth-order valence-corrected chi connectivity index (χ4v) is 2.90. The summed E-state index contributed by atoms with van der Waals surface area (Å²) in [5.74, 6) is 0.566. The van der Waals surface area contributed by atoms with E-state index in [9.17, 15) is 10.1 Å². The quantitative estimate of drug-likeness (QED) is 0.509. The number of nitrogens with zero attached hydrogens (tertiary/aromatic N) is 3. The summed E-state index contributed by atoms with van der Waals surface area (Å²) in [5.41, 5.74) is 1.88. The van der Waals surface area contributed by atoms with Gasteiger partial charge in [-0.2, -0.15) is 5.26 Å². The van der Waals surface area contributed by atoms with Crippen LogP contribution < -0.4 is 4.74 Å². The number of thiazole rings is 1. The lowest BCUT2D eigenvalue weighted by Crippen LogP contribution is -1.94. The lowest BCUT2D eigenvalue weighted by Gasteiger charge is -2.07. The van der Waals surface area contributed by atoms with Gasteiger partial charge in [0.25, 0.3) is 0 Å². The van der Waals surface area contributed by atoms with E-state index in [1.165, 1.54) is 18.2 Å². The molecule has 2 aromatic carbocycles. The third-order valence-electron chi connectivity index (χ3n) is 3.23. The van der Waals surface area contributed by atoms with Gasteiger partial charge in [-0.25, -0.2) is 4.98 Å². The van der Waals surface area contributed by atoms with Crippen LogP contribution in [0.15, 0.2) is 47.8 Å². The molecule has 0 unspecified atom stereocenters. The Morgan fingerprint density at radius 3 is 2.58 bits per heavy atom. The first-order valence-corrected chi connectivity index (χ1v) is 7.84. The molecule has 0 aliphatic heterocycles. The van der Waals surface area contributed by atoms with Gasteiger partial charge in [-0.3, -0.25) is 10.1 Å². The monoisotopic (exact) mass is 337 g/mol. The molecule has 0 saturated carbocycles. The van der Waals surface area contributed by atoms with Gasteiger partial charge in [0, 0.05) is 22.7 Å². The lowest BCUT2D eigenvalue weighted by molar-refractivity contribution is -0.385. The summed E-state index contributed by atoms with van der Waals surface area (Å²) in [6.45, 7) is 1.93. The average molecular weight is 337 g/mol. The smallest absolute Gasteiger partial charge is 0.312 e. The Labute approximate surface area is 141 Å². The molecular formula is C17H11N3O3S. The van der Waals surface area contributed by atoms with Crippen LogP contribution in [-0.4, -0.2) is 9.91 Å². The van der Waals surface area contributed by atoms with Crippen molar-refractivity contribution in [2.45, 2.75) is 6.92 Å². The van der Waals surface area contributed by atoms with E-state index in [0.717, 1.165) is 16.3 Å². The first-order valence-electron chi connectivity index (χ1n) is 6.96. The zero-order chi connectivity index (χ0) is 17.1. The van der Waals surface area contributed by atoms with Gasteiger partial charge in [0.15, 0.2) is 0 Å². The Morgan fingerprint density at radius 2 is 2.00 bits per heavy atom. The van der Waals surface area contributed by atoms with Crippen LogP contribution in [0.2, 0.25) is 0 Å². The number of hydrogen-bond donors (Lipinski definition) is 0. The summed E-state index contributed by atoms with van der Waals surface area (Å²) < 4.78 is 5.60. The van der Waals surface area contributed by atoms with E-state index in [0.29, 0.717) is 5.75 Å². The highest BCUT2D eigenvalue weighted by Crippen LogP contribution is 2.33. The molecule has 0 N–H and O–H groups in total. The van der Waals surface area contributed by atoms with E-state index in [4.69, 9.17) is 10.00 Å². The molecule has 0 bridgehead atoms. The standard InChI is InChI=1S/C17H11N3O3S/c1-11-10-24-17(19-11)13-3-5-14(6-4-13)23-16-7-2-12(9-18)8-15(16)20(21)22/h2-8,10H,1H3. The fraction of sp³-hybridized carbons (Fsp3) is 0.0588. The molecule has 24 heavy (non-hydrogen) atoms. The number of nitriles is 1. The molecule has 3 aromatic rings. The van der Waals surface area contributed by atoms with Crippen LogP contribution in [0.1, 0.15) is 11.3 Å². The molecule has 0 aliphatic carbocycles. The van der Waals surface area contributed by atoms with Crippen molar-refractivity contribution in [2.75, 3.05) is 0 Å². The molecule has 6 nitrogen and oxygen atoms in total. The number of nitro groups is 1. The zero-order valence-corrected chi connectivity index (χ0v) is 13.4. The van der Waals surface area contributed by atoms with Crippen LogP contribution in [0.25, 0.3) is 10.6 Å². The van der Waals surface area contributed by atoms with Crippen molar-refractivity contribution in [1.82, 2.24) is 4.98 Å². The van der Waals surface area contributed by atoms with E-state index in [1.807, 2.05) is 30.5 Å². The van der Waals surface area contributed by atoms with E-state index >= 15 is 0 Å². The Morgan fingerprint density at radius 1 is 1.25 bits per heavy atom. The number of ether oxygens (including phenoxy) is 1. The van der Waals surface area contributed by atoms with E-state index in [2.05, 4.69) is 4.98 Å². The van der Waals surface area contributed by atoms with Crippen LogP contribution in [0, 0.1) is 28.4 Å². The Kier molecular flexibility index (Phi) is 4.22. The molecule has 3 rings (SSSR count). The highest BCUT2D eigenvalue weighted by atomic mass is 32.1. The molecule has 7 heteroatoms. The van der Waals surface area contributed by atoms with Crippen LogP contribution in [0.3, 0.4) is 0 Å². The van der Waals surface area contributed by atoms with Crippen molar-refractivity contribution >= 4 is 17.0 Å². The van der Waals surface area contributed by atoms with Gasteiger partial charge in [0.05, 0.1) is 16.6 Å². The number of aryl methyl sites for hydroxylation is 1. The summed E-state index contributed by atoms with van der Waals surface area (Å²) in [6, 6.07) is 13.1. The summed E-state index contributed by atoms with van der Waals surface area (Å²) in [4.78, 5) is 15.0. The van der Waals surface area contributed by atoms with Crippen molar-refractivity contribution in [1.29, 1.82) is 5.26 Å². The number of benzene rings is 2. The summed E-state index contributed by atoms with van der Waals surface area (Å²) in [5, 5.41) is 22.9. The number of rotatable bonds is 4. The summed E-state index contributed by atoms with van der Waals surface area (Å²) in [6.07, 6.45) is 0. The van der Waals surface area contributed by atoms with Crippen LogP contribution >= 0.6 is 11.3 Å². The number of aromatic nitrogens is 1. The van der Waals surface area contributed by atoms with Gasteiger partial charge in [-0.15, -0.1) is 11.3 Å². The Hall–Kier alpha value is -3.24. The van der Waals surface area contributed by atoms with Gasteiger partial charge < -0.3 is 4.74 Å². The van der Waals surface area contributed by atoms with E-state index in [-0.39, 0.29) is 17.0 Å². The maximum absolute atomic E-state index is 11.1. The van der Waals surface area contributed by atoms with Gasteiger partial charge in [0.2, 0.25) is 5.75 Å². The largest absolute Gasteiger partial charge is 0.450 e. The summed E-state index contributed by atoms with van der Waals surface area (Å²) in [7, 11) is 0. The Balaban J connectivity index is 1.87. The van der Waals surface area contributed by atoms with Crippen LogP contribution in [-0.2, 0) is 0 Å². The fourth-order valence-electron chi connectivity index (χ4n) is 2.09. The average Bonchev–Trinajstić information content (AvgIpc) is 3.02. The van der Waals surface area contributed by atoms with Crippen molar-refractivity contribution in [3.63, 3.8) is 0 Å². The molecule has 0 spiro atoms. The van der Waals surface area contributed by atoms with Gasteiger partial charge in [0.1, 0.15) is 10.8 Å². The van der Waals surface area contributed by atoms with Crippen LogP contribution in [0.4, 0.5) is 5.69 Å². The van der Waals surface area contributed by atoms with E-state index < -0.39 is 4.92 Å². The molecule has 0 fully saturated rings. The van der Waals surface area contributed by atoms with Crippen molar-refractivity contribution in [3.05, 3.63) is 69.2 Å². The SMILES string of the molecule is Cc1csc(-c2ccc(Oc3ccc(C#N)cc3[N+](=O)[O-])cc2)n1. The number of hydrogen-bond acceptors (Lipinski definition) is 6. The third-order valence-corrected chi connectivity index (χ3v) is 4.24. The normalized spacial score (nSPS) is 10.2. The second-order valence-electron chi connectivity index (χ2n) is 4.97. The molecule has 118 valence electrons. The zero-order valence-electron chi connectivity index (χ0n) is 12.6. The third kappa shape index (κ3) is 3.24. The van der Waals surface area contributed by atoms with Crippen molar-refractivity contribution in [2.24, 2.45) is 0 Å². The minimum Gasteiger partial charge on any atom is -0.450 e. The molecule has 0 amide bonds. The minimum atomic E-state index is -0.567.